The van der Waals surface area contributed by atoms with Crippen molar-refractivity contribution in [3.8, 4) is 11.5 Å². The molecule has 0 aliphatic rings. The molecule has 0 aromatic heterocycles. The predicted molar refractivity (Wildman–Crippen MR) is 64.1 cm³/mol. The molecule has 0 aliphatic carbocycles. The van der Waals surface area contributed by atoms with Gasteiger partial charge in [0.15, 0.2) is 11.5 Å². The first-order valence-electron chi connectivity index (χ1n) is 5.37. The van der Waals surface area contributed by atoms with Crippen molar-refractivity contribution in [2.45, 2.75) is 20.8 Å². The molecule has 0 amide bonds. The number of aliphatic hydroxyl groups is 1. The zero-order chi connectivity index (χ0) is 12.2. The third-order valence-corrected chi connectivity index (χ3v) is 2.37. The minimum Gasteiger partial charge on any atom is -0.493 e. The molecule has 0 radical (unpaired) electrons. The van der Waals surface area contributed by atoms with Crippen LogP contribution in [0.4, 0.5) is 0 Å². The normalized spacial score (nSPS) is 11.3. The molecule has 16 heavy (non-hydrogen) atoms. The Bertz CT molecular complexity index is 345. The molecule has 0 atom stereocenters. The highest BCUT2D eigenvalue weighted by Gasteiger charge is 2.18. The third-order valence-electron chi connectivity index (χ3n) is 2.37. The van der Waals surface area contributed by atoms with Gasteiger partial charge in [0.05, 0.1) is 20.3 Å². The minimum atomic E-state index is -0.241. The van der Waals surface area contributed by atoms with Gasteiger partial charge in [-0.05, 0) is 24.6 Å². The number of hydrogen-bond acceptors (Lipinski definition) is 3. The molecule has 0 bridgehead atoms. The Morgan fingerprint density at radius 2 is 1.94 bits per heavy atom. The molecule has 3 heteroatoms. The second kappa shape index (κ2) is 5.21. The second-order valence-electron chi connectivity index (χ2n) is 4.77. The van der Waals surface area contributed by atoms with Crippen molar-refractivity contribution in [3.63, 3.8) is 0 Å². The van der Waals surface area contributed by atoms with E-state index in [0.29, 0.717) is 6.61 Å². The molecule has 1 rings (SSSR count). The van der Waals surface area contributed by atoms with Crippen LogP contribution >= 0.6 is 0 Å². The lowest BCUT2D eigenvalue weighted by molar-refractivity contribution is 0.0958. The van der Waals surface area contributed by atoms with Crippen LogP contribution in [-0.2, 0) is 0 Å². The molecule has 0 heterocycles. The summed E-state index contributed by atoms with van der Waals surface area (Å²) in [7, 11) is 1.62. The molecule has 0 aliphatic heterocycles. The van der Waals surface area contributed by atoms with Gasteiger partial charge in [0.1, 0.15) is 0 Å². The number of rotatable bonds is 5. The van der Waals surface area contributed by atoms with Gasteiger partial charge < -0.3 is 14.6 Å². The van der Waals surface area contributed by atoms with Crippen LogP contribution in [0.5, 0.6) is 11.5 Å². The molecule has 0 saturated heterocycles. The molecular formula is C13H20O3. The molecule has 1 N–H and O–H groups in total. The van der Waals surface area contributed by atoms with Gasteiger partial charge in [0, 0.05) is 5.41 Å². The summed E-state index contributed by atoms with van der Waals surface area (Å²) in [5, 5.41) is 9.14. The summed E-state index contributed by atoms with van der Waals surface area (Å²) < 4.78 is 10.9. The van der Waals surface area contributed by atoms with Gasteiger partial charge >= 0.3 is 0 Å². The van der Waals surface area contributed by atoms with E-state index in [9.17, 15) is 0 Å². The smallest absolute Gasteiger partial charge is 0.161 e. The monoisotopic (exact) mass is 224 g/mol. The van der Waals surface area contributed by atoms with Crippen molar-refractivity contribution in [2.24, 2.45) is 5.41 Å². The fraction of sp³-hybridized carbons (Fsp3) is 0.538. The number of ether oxygens (including phenoxy) is 2. The van der Waals surface area contributed by atoms with Crippen molar-refractivity contribution in [3.05, 3.63) is 23.8 Å². The highest BCUT2D eigenvalue weighted by atomic mass is 16.5. The SMILES string of the molecule is COc1ccc(C)cc1OCC(C)(C)CO. The molecule has 90 valence electrons. The Kier molecular flexibility index (Phi) is 4.19. The number of aliphatic hydroxyl groups excluding tert-OH is 1. The van der Waals surface area contributed by atoms with Crippen LogP contribution in [0, 0.1) is 12.3 Å². The maximum absolute atomic E-state index is 9.14. The molecule has 0 fully saturated rings. The van der Waals surface area contributed by atoms with E-state index >= 15 is 0 Å². The maximum Gasteiger partial charge on any atom is 0.161 e. The lowest BCUT2D eigenvalue weighted by Gasteiger charge is -2.22. The van der Waals surface area contributed by atoms with E-state index in [-0.39, 0.29) is 12.0 Å². The molecule has 0 unspecified atom stereocenters. The summed E-state index contributed by atoms with van der Waals surface area (Å²) in [6.07, 6.45) is 0. The Morgan fingerprint density at radius 3 is 2.50 bits per heavy atom. The van der Waals surface area contributed by atoms with E-state index in [1.165, 1.54) is 0 Å². The van der Waals surface area contributed by atoms with Crippen molar-refractivity contribution in [2.75, 3.05) is 20.3 Å². The summed E-state index contributed by atoms with van der Waals surface area (Å²) in [5.74, 6) is 1.45. The molecule has 1 aromatic rings. The second-order valence-corrected chi connectivity index (χ2v) is 4.77. The largest absolute Gasteiger partial charge is 0.493 e. The molecular weight excluding hydrogens is 204 g/mol. The average molecular weight is 224 g/mol. The van der Waals surface area contributed by atoms with Crippen LogP contribution in [0.3, 0.4) is 0 Å². The number of hydrogen-bond donors (Lipinski definition) is 1. The highest BCUT2D eigenvalue weighted by molar-refractivity contribution is 5.42. The minimum absolute atomic E-state index is 0.0983. The number of methoxy groups -OCH3 is 1. The lowest BCUT2D eigenvalue weighted by Crippen LogP contribution is -2.25. The first-order chi connectivity index (χ1) is 7.48. The van der Waals surface area contributed by atoms with Crippen LogP contribution in [-0.4, -0.2) is 25.4 Å². The predicted octanol–water partition coefficient (Wildman–Crippen LogP) is 2.40. The zero-order valence-corrected chi connectivity index (χ0v) is 10.4. The summed E-state index contributed by atoms with van der Waals surface area (Å²) in [6.45, 7) is 6.47. The van der Waals surface area contributed by atoms with Gasteiger partial charge in [-0.3, -0.25) is 0 Å². The van der Waals surface area contributed by atoms with Crippen LogP contribution in [0.15, 0.2) is 18.2 Å². The van der Waals surface area contributed by atoms with Crippen molar-refractivity contribution < 1.29 is 14.6 Å². The standard InChI is InChI=1S/C13H20O3/c1-10-5-6-11(15-4)12(7-10)16-9-13(2,3)8-14/h5-7,14H,8-9H2,1-4H3. The Hall–Kier alpha value is -1.22. The zero-order valence-electron chi connectivity index (χ0n) is 10.4. The average Bonchev–Trinajstić information content (AvgIpc) is 2.27. The maximum atomic E-state index is 9.14. The first kappa shape index (κ1) is 12.8. The summed E-state index contributed by atoms with van der Waals surface area (Å²) in [6, 6.07) is 5.80. The van der Waals surface area contributed by atoms with Crippen molar-refractivity contribution >= 4 is 0 Å². The van der Waals surface area contributed by atoms with E-state index in [0.717, 1.165) is 17.1 Å². The van der Waals surface area contributed by atoms with E-state index in [1.54, 1.807) is 7.11 Å². The Labute approximate surface area is 97.0 Å². The lowest BCUT2D eigenvalue weighted by atomic mass is 9.96. The van der Waals surface area contributed by atoms with Gasteiger partial charge in [0.25, 0.3) is 0 Å². The number of aryl methyl sites for hydroxylation is 1. The quantitative estimate of drug-likeness (QED) is 0.834. The Morgan fingerprint density at radius 1 is 1.25 bits per heavy atom. The fourth-order valence-corrected chi connectivity index (χ4v) is 1.22. The van der Waals surface area contributed by atoms with Crippen molar-refractivity contribution in [1.29, 1.82) is 0 Å². The van der Waals surface area contributed by atoms with Gasteiger partial charge in [-0.25, -0.2) is 0 Å². The van der Waals surface area contributed by atoms with Crippen LogP contribution in [0.2, 0.25) is 0 Å². The van der Waals surface area contributed by atoms with Crippen LogP contribution < -0.4 is 9.47 Å². The summed E-state index contributed by atoms with van der Waals surface area (Å²) in [5.41, 5.74) is 0.881. The van der Waals surface area contributed by atoms with E-state index in [1.807, 2.05) is 39.0 Å². The highest BCUT2D eigenvalue weighted by Crippen LogP contribution is 2.29. The first-order valence-corrected chi connectivity index (χ1v) is 5.37. The van der Waals surface area contributed by atoms with Crippen molar-refractivity contribution in [1.82, 2.24) is 0 Å². The number of benzene rings is 1. The van der Waals surface area contributed by atoms with Crippen LogP contribution in [0.25, 0.3) is 0 Å². The van der Waals surface area contributed by atoms with Gasteiger partial charge in [0.2, 0.25) is 0 Å². The van der Waals surface area contributed by atoms with Gasteiger partial charge in [-0.1, -0.05) is 19.9 Å². The molecule has 3 nitrogen and oxygen atoms in total. The van der Waals surface area contributed by atoms with Crippen LogP contribution in [0.1, 0.15) is 19.4 Å². The molecule has 1 aromatic carbocycles. The van der Waals surface area contributed by atoms with E-state index in [2.05, 4.69) is 0 Å². The van der Waals surface area contributed by atoms with E-state index in [4.69, 9.17) is 14.6 Å². The molecule has 0 saturated carbocycles. The van der Waals surface area contributed by atoms with Gasteiger partial charge in [-0.15, -0.1) is 0 Å². The topological polar surface area (TPSA) is 38.7 Å². The van der Waals surface area contributed by atoms with Gasteiger partial charge in [-0.2, -0.15) is 0 Å². The van der Waals surface area contributed by atoms with E-state index < -0.39 is 0 Å². The fourth-order valence-electron chi connectivity index (χ4n) is 1.22. The molecule has 0 spiro atoms. The third kappa shape index (κ3) is 3.42. The summed E-state index contributed by atoms with van der Waals surface area (Å²) >= 11 is 0. The Balaban J connectivity index is 2.76. The summed E-state index contributed by atoms with van der Waals surface area (Å²) in [4.78, 5) is 0.